The van der Waals surface area contributed by atoms with E-state index in [1.807, 2.05) is 23.7 Å². The van der Waals surface area contributed by atoms with Crippen molar-refractivity contribution >= 4 is 22.1 Å². The second-order valence-electron chi connectivity index (χ2n) is 9.60. The van der Waals surface area contributed by atoms with Gasteiger partial charge >= 0.3 is 0 Å². The van der Waals surface area contributed by atoms with Gasteiger partial charge < -0.3 is 20.6 Å². The zero-order valence-electron chi connectivity index (χ0n) is 19.5. The third kappa shape index (κ3) is 3.99. The topological polar surface area (TPSA) is 81.4 Å². The van der Waals surface area contributed by atoms with Crippen LogP contribution < -0.4 is 10.6 Å². The predicted octanol–water partition coefficient (Wildman–Crippen LogP) is 6.20. The van der Waals surface area contributed by atoms with Crippen LogP contribution in [0.4, 0.5) is 0 Å². The number of benzene rings is 2. The second-order valence-corrected chi connectivity index (χ2v) is 10.7. The lowest BCUT2D eigenvalue weighted by Crippen LogP contribution is -2.14. The smallest absolute Gasteiger partial charge is 0.123 e. The maximum Gasteiger partial charge on any atom is 0.123 e. The lowest BCUT2D eigenvalue weighted by molar-refractivity contribution is 0.613. The van der Waals surface area contributed by atoms with Gasteiger partial charge in [-0.05, 0) is 79.4 Å². The maximum atomic E-state index is 4.63. The van der Waals surface area contributed by atoms with E-state index in [9.17, 15) is 0 Å². The van der Waals surface area contributed by atoms with E-state index in [0.29, 0.717) is 12.1 Å². The Morgan fingerprint density at radius 1 is 0.657 bits per heavy atom. The fourth-order valence-electron chi connectivity index (χ4n) is 5.34. The van der Waals surface area contributed by atoms with Crippen LogP contribution in [-0.4, -0.2) is 33.0 Å². The van der Waals surface area contributed by atoms with E-state index in [-0.39, 0.29) is 0 Å². The van der Waals surface area contributed by atoms with E-state index in [1.165, 1.54) is 44.5 Å². The van der Waals surface area contributed by atoms with Crippen molar-refractivity contribution in [3.05, 3.63) is 72.6 Å². The summed E-state index contributed by atoms with van der Waals surface area (Å²) in [5.74, 6) is 2.10. The molecule has 2 aromatic carbocycles. The zero-order chi connectivity index (χ0) is 23.2. The molecule has 0 spiro atoms. The van der Waals surface area contributed by atoms with Crippen molar-refractivity contribution < 1.29 is 0 Å². The van der Waals surface area contributed by atoms with E-state index in [4.69, 9.17) is 0 Å². The van der Waals surface area contributed by atoms with Crippen LogP contribution in [0.2, 0.25) is 0 Å². The second kappa shape index (κ2) is 8.75. The molecule has 7 rings (SSSR count). The average Bonchev–Trinajstić information content (AvgIpc) is 3.71. The van der Waals surface area contributed by atoms with Gasteiger partial charge in [-0.3, -0.25) is 0 Å². The summed E-state index contributed by atoms with van der Waals surface area (Å²) in [4.78, 5) is 18.8. The van der Waals surface area contributed by atoms with Crippen molar-refractivity contribution in [3.8, 4) is 32.3 Å². The average molecular weight is 481 g/mol. The molecule has 2 unspecified atom stereocenters. The molecule has 35 heavy (non-hydrogen) atoms. The summed E-state index contributed by atoms with van der Waals surface area (Å²) >= 11 is 1.81. The number of aromatic nitrogens is 4. The van der Waals surface area contributed by atoms with Crippen LogP contribution in [0, 0.1) is 0 Å². The van der Waals surface area contributed by atoms with Crippen molar-refractivity contribution in [1.29, 1.82) is 0 Å². The SMILES string of the molecule is c1cc2cc(-c3ccc(-c4cnc(C5CCCN5)[nH]4)s3)ccc2cc1-c1cnc(C2CCCN2)[nH]1. The van der Waals surface area contributed by atoms with Crippen molar-refractivity contribution in [1.82, 2.24) is 30.6 Å². The summed E-state index contributed by atoms with van der Waals surface area (Å²) in [6.07, 6.45) is 8.66. The van der Waals surface area contributed by atoms with Crippen molar-refractivity contribution in [2.45, 2.75) is 37.8 Å². The van der Waals surface area contributed by atoms with Gasteiger partial charge in [0.05, 0.1) is 40.7 Å². The number of rotatable bonds is 5. The van der Waals surface area contributed by atoms with E-state index in [2.05, 4.69) is 79.1 Å². The molecule has 2 aliphatic heterocycles. The molecular formula is C28H28N6S. The van der Waals surface area contributed by atoms with Crippen LogP contribution in [0.15, 0.2) is 60.9 Å². The van der Waals surface area contributed by atoms with Crippen LogP contribution in [0.5, 0.6) is 0 Å². The number of H-pyrrole nitrogens is 2. The molecule has 2 aliphatic rings. The molecule has 176 valence electrons. The van der Waals surface area contributed by atoms with Gasteiger partial charge in [-0.1, -0.05) is 24.3 Å². The van der Waals surface area contributed by atoms with Gasteiger partial charge in [-0.2, -0.15) is 0 Å². The Hall–Kier alpha value is -3.26. The van der Waals surface area contributed by atoms with E-state index >= 15 is 0 Å². The van der Waals surface area contributed by atoms with Gasteiger partial charge in [0.1, 0.15) is 11.6 Å². The number of nitrogens with one attached hydrogen (secondary N) is 4. The summed E-state index contributed by atoms with van der Waals surface area (Å²) in [5, 5.41) is 9.51. The highest BCUT2D eigenvalue weighted by Gasteiger charge is 2.20. The molecule has 0 amide bonds. The van der Waals surface area contributed by atoms with Crippen molar-refractivity contribution in [2.75, 3.05) is 13.1 Å². The number of hydrogen-bond donors (Lipinski definition) is 4. The molecule has 7 heteroatoms. The largest absolute Gasteiger partial charge is 0.341 e. The number of imidazole rings is 2. The van der Waals surface area contributed by atoms with Crippen LogP contribution in [0.25, 0.3) is 43.0 Å². The molecule has 2 saturated heterocycles. The number of fused-ring (bicyclic) bond motifs is 1. The molecule has 2 fully saturated rings. The van der Waals surface area contributed by atoms with E-state index in [1.54, 1.807) is 0 Å². The standard InChI is InChI=1S/C28H28N6S/c1-3-21(29-11-1)27-31-15-23(33-27)19-7-5-18-14-20(8-6-17(18)13-19)25-9-10-26(35-25)24-16-32-28(34-24)22-4-2-12-30-22/h5-10,13-16,21-22,29-30H,1-4,11-12H2,(H,31,33)(H,32,34). The normalized spacial score (nSPS) is 20.2. The fraction of sp³-hybridized carbons (Fsp3) is 0.286. The minimum atomic E-state index is 0.357. The first-order chi connectivity index (χ1) is 17.3. The molecular weight excluding hydrogens is 452 g/mol. The van der Waals surface area contributed by atoms with E-state index in [0.717, 1.165) is 49.0 Å². The molecule has 3 aromatic heterocycles. The first-order valence-corrected chi connectivity index (χ1v) is 13.3. The quantitative estimate of drug-likeness (QED) is 0.241. The Kier molecular flexibility index (Phi) is 5.26. The Labute approximate surface area is 208 Å². The number of nitrogens with zero attached hydrogens (tertiary/aromatic N) is 2. The van der Waals surface area contributed by atoms with Gasteiger partial charge in [0.15, 0.2) is 0 Å². The van der Waals surface area contributed by atoms with E-state index < -0.39 is 0 Å². The highest BCUT2D eigenvalue weighted by molar-refractivity contribution is 7.18. The third-order valence-corrected chi connectivity index (χ3v) is 8.45. The molecule has 0 aliphatic carbocycles. The molecule has 6 nitrogen and oxygen atoms in total. The molecule has 5 aromatic rings. The molecule has 0 saturated carbocycles. The lowest BCUT2D eigenvalue weighted by atomic mass is 10.0. The van der Waals surface area contributed by atoms with Gasteiger partial charge in [0, 0.05) is 10.4 Å². The van der Waals surface area contributed by atoms with Crippen molar-refractivity contribution in [3.63, 3.8) is 0 Å². The number of thiophene rings is 1. The van der Waals surface area contributed by atoms with Gasteiger partial charge in [-0.25, -0.2) is 9.97 Å². The Morgan fingerprint density at radius 2 is 1.26 bits per heavy atom. The van der Waals surface area contributed by atoms with Gasteiger partial charge in [-0.15, -0.1) is 11.3 Å². The molecule has 4 N–H and O–H groups in total. The summed E-state index contributed by atoms with van der Waals surface area (Å²) in [6, 6.07) is 18.5. The summed E-state index contributed by atoms with van der Waals surface area (Å²) in [6.45, 7) is 2.15. The Bertz CT molecular complexity index is 1480. The first kappa shape index (κ1) is 21.1. The maximum absolute atomic E-state index is 4.63. The zero-order valence-corrected chi connectivity index (χ0v) is 20.3. The molecule has 0 radical (unpaired) electrons. The minimum absolute atomic E-state index is 0.357. The van der Waals surface area contributed by atoms with Crippen LogP contribution >= 0.6 is 11.3 Å². The first-order valence-electron chi connectivity index (χ1n) is 12.5. The number of aromatic amines is 2. The van der Waals surface area contributed by atoms with Crippen LogP contribution in [0.3, 0.4) is 0 Å². The Balaban J connectivity index is 1.13. The molecule has 0 bridgehead atoms. The van der Waals surface area contributed by atoms with Crippen LogP contribution in [-0.2, 0) is 0 Å². The fourth-order valence-corrected chi connectivity index (χ4v) is 6.31. The molecule has 2 atom stereocenters. The third-order valence-electron chi connectivity index (χ3n) is 7.28. The molecule has 5 heterocycles. The number of hydrogen-bond acceptors (Lipinski definition) is 5. The van der Waals surface area contributed by atoms with Gasteiger partial charge in [0.2, 0.25) is 0 Å². The summed E-state index contributed by atoms with van der Waals surface area (Å²) < 4.78 is 0. The summed E-state index contributed by atoms with van der Waals surface area (Å²) in [7, 11) is 0. The van der Waals surface area contributed by atoms with Crippen LogP contribution in [0.1, 0.15) is 49.4 Å². The highest BCUT2D eigenvalue weighted by Crippen LogP contribution is 2.36. The lowest BCUT2D eigenvalue weighted by Gasteiger charge is -2.06. The highest BCUT2D eigenvalue weighted by atomic mass is 32.1. The monoisotopic (exact) mass is 480 g/mol. The van der Waals surface area contributed by atoms with Crippen molar-refractivity contribution in [2.24, 2.45) is 0 Å². The minimum Gasteiger partial charge on any atom is -0.341 e. The Morgan fingerprint density at radius 3 is 1.94 bits per heavy atom. The predicted molar refractivity (Wildman–Crippen MR) is 142 cm³/mol. The van der Waals surface area contributed by atoms with Gasteiger partial charge in [0.25, 0.3) is 0 Å². The summed E-state index contributed by atoms with van der Waals surface area (Å²) in [5.41, 5.74) is 4.60.